The Balaban J connectivity index is 2.47. The number of anilines is 1. The average molecular weight is 269 g/mol. The summed E-state index contributed by atoms with van der Waals surface area (Å²) in [6.45, 7) is 6.32. The first kappa shape index (κ1) is 15.0. The van der Waals surface area contributed by atoms with Crippen LogP contribution in [0.1, 0.15) is 27.2 Å². The van der Waals surface area contributed by atoms with Gasteiger partial charge < -0.3 is 5.32 Å². The molecule has 0 bridgehead atoms. The Hall–Kier alpha value is -1.03. The Kier molecular flexibility index (Phi) is 5.66. The molecule has 1 rings (SSSR count). The molecule has 4 heteroatoms. The lowest BCUT2D eigenvalue weighted by Crippen LogP contribution is -2.28. The van der Waals surface area contributed by atoms with E-state index in [1.165, 1.54) is 0 Å². The molecule has 0 aliphatic rings. The van der Waals surface area contributed by atoms with Gasteiger partial charge in [-0.25, -0.2) is 8.42 Å². The lowest BCUT2D eigenvalue weighted by molar-refractivity contribution is 0.565. The molecule has 102 valence electrons. The van der Waals surface area contributed by atoms with Gasteiger partial charge in [-0.1, -0.05) is 32.0 Å². The summed E-state index contributed by atoms with van der Waals surface area (Å²) >= 11 is 0. The summed E-state index contributed by atoms with van der Waals surface area (Å²) in [6.07, 6.45) is 0.734. The summed E-state index contributed by atoms with van der Waals surface area (Å²) in [7, 11) is -2.99. The van der Waals surface area contributed by atoms with E-state index in [0.29, 0.717) is 12.5 Å². The predicted octanol–water partition coefficient (Wildman–Crippen LogP) is 2.95. The van der Waals surface area contributed by atoms with E-state index in [-0.39, 0.29) is 11.0 Å². The molecule has 0 saturated carbocycles. The van der Waals surface area contributed by atoms with Crippen molar-refractivity contribution < 1.29 is 8.42 Å². The first-order valence-corrected chi connectivity index (χ1v) is 8.14. The molecule has 1 atom stereocenters. The molecule has 18 heavy (non-hydrogen) atoms. The Bertz CT molecular complexity index is 440. The number of hydrogen-bond acceptors (Lipinski definition) is 3. The lowest BCUT2D eigenvalue weighted by atomic mass is 10.2. The van der Waals surface area contributed by atoms with Gasteiger partial charge in [0.25, 0.3) is 0 Å². The monoisotopic (exact) mass is 269 g/mol. The zero-order chi connectivity index (χ0) is 13.6. The SMILES string of the molecule is CC(C)CCS(=O)(=O)C(C)CNc1ccccc1. The van der Waals surface area contributed by atoms with E-state index in [9.17, 15) is 8.42 Å². The van der Waals surface area contributed by atoms with Gasteiger partial charge in [0, 0.05) is 12.2 Å². The molecule has 1 unspecified atom stereocenters. The van der Waals surface area contributed by atoms with Gasteiger partial charge in [-0.05, 0) is 31.4 Å². The van der Waals surface area contributed by atoms with E-state index >= 15 is 0 Å². The molecule has 0 heterocycles. The quantitative estimate of drug-likeness (QED) is 0.828. The Morgan fingerprint density at radius 1 is 1.11 bits per heavy atom. The van der Waals surface area contributed by atoms with Crippen molar-refractivity contribution in [2.75, 3.05) is 17.6 Å². The normalized spacial score (nSPS) is 13.6. The van der Waals surface area contributed by atoms with Crippen molar-refractivity contribution >= 4 is 15.5 Å². The Labute approximate surface area is 111 Å². The van der Waals surface area contributed by atoms with Crippen molar-refractivity contribution in [2.45, 2.75) is 32.4 Å². The summed E-state index contributed by atoms with van der Waals surface area (Å²) in [5.41, 5.74) is 0.961. The molecule has 1 aromatic carbocycles. The van der Waals surface area contributed by atoms with Gasteiger partial charge in [-0.15, -0.1) is 0 Å². The number of rotatable bonds is 7. The fourth-order valence-electron chi connectivity index (χ4n) is 1.55. The highest BCUT2D eigenvalue weighted by molar-refractivity contribution is 7.92. The minimum Gasteiger partial charge on any atom is -0.384 e. The van der Waals surface area contributed by atoms with Crippen LogP contribution in [0, 0.1) is 5.92 Å². The molecule has 1 aromatic rings. The van der Waals surface area contributed by atoms with Crippen LogP contribution in [-0.4, -0.2) is 26.0 Å². The van der Waals surface area contributed by atoms with E-state index in [1.807, 2.05) is 44.2 Å². The van der Waals surface area contributed by atoms with E-state index in [0.717, 1.165) is 12.1 Å². The van der Waals surface area contributed by atoms with Crippen LogP contribution in [0.25, 0.3) is 0 Å². The summed E-state index contributed by atoms with van der Waals surface area (Å²) in [4.78, 5) is 0. The van der Waals surface area contributed by atoms with E-state index in [2.05, 4.69) is 5.32 Å². The van der Waals surface area contributed by atoms with E-state index < -0.39 is 9.84 Å². The molecule has 0 fully saturated rings. The Morgan fingerprint density at radius 2 is 1.72 bits per heavy atom. The zero-order valence-electron chi connectivity index (χ0n) is 11.4. The summed E-state index contributed by atoms with van der Waals surface area (Å²) in [5, 5.41) is 2.81. The number of nitrogens with one attached hydrogen (secondary N) is 1. The van der Waals surface area contributed by atoms with Crippen molar-refractivity contribution in [2.24, 2.45) is 5.92 Å². The van der Waals surface area contributed by atoms with Gasteiger partial charge in [-0.2, -0.15) is 0 Å². The minimum absolute atomic E-state index is 0.280. The van der Waals surface area contributed by atoms with Crippen molar-refractivity contribution in [3.05, 3.63) is 30.3 Å². The largest absolute Gasteiger partial charge is 0.384 e. The zero-order valence-corrected chi connectivity index (χ0v) is 12.2. The Morgan fingerprint density at radius 3 is 2.28 bits per heavy atom. The number of sulfone groups is 1. The van der Waals surface area contributed by atoms with Crippen molar-refractivity contribution in [1.82, 2.24) is 0 Å². The highest BCUT2D eigenvalue weighted by Crippen LogP contribution is 2.11. The molecule has 3 nitrogen and oxygen atoms in total. The maximum absolute atomic E-state index is 12.0. The fourth-order valence-corrected chi connectivity index (χ4v) is 3.09. The lowest BCUT2D eigenvalue weighted by Gasteiger charge is -2.15. The molecule has 0 radical (unpaired) electrons. The molecule has 1 N–H and O–H groups in total. The smallest absolute Gasteiger partial charge is 0.154 e. The molecule has 0 saturated heterocycles. The van der Waals surface area contributed by atoms with Crippen LogP contribution in [-0.2, 0) is 9.84 Å². The molecule has 0 amide bonds. The number of para-hydroxylation sites is 1. The van der Waals surface area contributed by atoms with Gasteiger partial charge in [0.2, 0.25) is 0 Å². The maximum atomic E-state index is 12.0. The van der Waals surface area contributed by atoms with Gasteiger partial charge >= 0.3 is 0 Å². The van der Waals surface area contributed by atoms with Crippen LogP contribution >= 0.6 is 0 Å². The summed E-state index contributed by atoms with van der Waals surface area (Å²) in [6, 6.07) is 9.68. The standard InChI is InChI=1S/C14H23NO2S/c1-12(2)9-10-18(16,17)13(3)11-15-14-7-5-4-6-8-14/h4-8,12-13,15H,9-11H2,1-3H3. The third-order valence-corrected chi connectivity index (χ3v) is 5.16. The number of benzene rings is 1. The molecular weight excluding hydrogens is 246 g/mol. The fraction of sp³-hybridized carbons (Fsp3) is 0.571. The van der Waals surface area contributed by atoms with Crippen LogP contribution in [0.4, 0.5) is 5.69 Å². The van der Waals surface area contributed by atoms with Gasteiger partial charge in [0.05, 0.1) is 11.0 Å². The van der Waals surface area contributed by atoms with E-state index in [4.69, 9.17) is 0 Å². The maximum Gasteiger partial charge on any atom is 0.154 e. The summed E-state index contributed by atoms with van der Waals surface area (Å²) < 4.78 is 24.0. The third-order valence-electron chi connectivity index (χ3n) is 2.96. The van der Waals surface area contributed by atoms with E-state index in [1.54, 1.807) is 6.92 Å². The molecule has 0 aromatic heterocycles. The number of hydrogen-bond donors (Lipinski definition) is 1. The van der Waals surface area contributed by atoms with Crippen molar-refractivity contribution in [3.63, 3.8) is 0 Å². The second kappa shape index (κ2) is 6.78. The average Bonchev–Trinajstić information content (AvgIpc) is 2.35. The van der Waals surface area contributed by atoms with Crippen LogP contribution < -0.4 is 5.32 Å². The molecule has 0 aliphatic heterocycles. The second-order valence-corrected chi connectivity index (χ2v) is 7.65. The van der Waals surface area contributed by atoms with Crippen LogP contribution in [0.3, 0.4) is 0 Å². The van der Waals surface area contributed by atoms with Gasteiger partial charge in [0.1, 0.15) is 0 Å². The van der Waals surface area contributed by atoms with Crippen LogP contribution in [0.15, 0.2) is 30.3 Å². The van der Waals surface area contributed by atoms with Gasteiger partial charge in [0.15, 0.2) is 9.84 Å². The predicted molar refractivity (Wildman–Crippen MR) is 77.6 cm³/mol. The first-order valence-electron chi connectivity index (χ1n) is 6.42. The van der Waals surface area contributed by atoms with Gasteiger partial charge in [-0.3, -0.25) is 0 Å². The summed E-state index contributed by atoms with van der Waals surface area (Å²) in [5.74, 6) is 0.705. The molecule has 0 aliphatic carbocycles. The highest BCUT2D eigenvalue weighted by Gasteiger charge is 2.20. The highest BCUT2D eigenvalue weighted by atomic mass is 32.2. The second-order valence-electron chi connectivity index (χ2n) is 5.11. The molecular formula is C14H23NO2S. The first-order chi connectivity index (χ1) is 8.42. The van der Waals surface area contributed by atoms with Crippen molar-refractivity contribution in [1.29, 1.82) is 0 Å². The topological polar surface area (TPSA) is 46.2 Å². The molecule has 0 spiro atoms. The van der Waals surface area contributed by atoms with Crippen LogP contribution in [0.5, 0.6) is 0 Å². The minimum atomic E-state index is -2.99. The third kappa shape index (κ3) is 5.08. The van der Waals surface area contributed by atoms with Crippen molar-refractivity contribution in [3.8, 4) is 0 Å². The van der Waals surface area contributed by atoms with Crippen LogP contribution in [0.2, 0.25) is 0 Å².